The lowest BCUT2D eigenvalue weighted by atomic mass is 10.1. The predicted octanol–water partition coefficient (Wildman–Crippen LogP) is 4.80. The standard InChI is InChI=1S/C33H25NO9/c35-29-24-17-19-39-25(24)16-18-34(29)30-28(43-33(38)23-14-8-3-9-15-23)27(42-32(37)22-12-6-2-7-13-22)26(41-30)20-40-31(36)21-10-4-1-5-11-21/h1-19,26-28,30H,20H2/t26-,27-,28-,30-/m1/s1. The Kier molecular flexibility index (Phi) is 7.84. The van der Waals surface area contributed by atoms with Crippen LogP contribution in [0.2, 0.25) is 0 Å². The fourth-order valence-corrected chi connectivity index (χ4v) is 4.86. The minimum absolute atomic E-state index is 0.242. The molecule has 0 amide bonds. The van der Waals surface area contributed by atoms with Crippen LogP contribution in [-0.2, 0) is 18.9 Å². The van der Waals surface area contributed by atoms with E-state index in [4.69, 9.17) is 23.4 Å². The van der Waals surface area contributed by atoms with Crippen LogP contribution < -0.4 is 5.56 Å². The van der Waals surface area contributed by atoms with Crippen LogP contribution in [0.3, 0.4) is 0 Å². The Morgan fingerprint density at radius 1 is 0.674 bits per heavy atom. The van der Waals surface area contributed by atoms with Crippen molar-refractivity contribution in [3.63, 3.8) is 0 Å². The smallest absolute Gasteiger partial charge is 0.338 e. The van der Waals surface area contributed by atoms with Crippen molar-refractivity contribution in [2.75, 3.05) is 6.61 Å². The Hall–Kier alpha value is -5.48. The van der Waals surface area contributed by atoms with E-state index in [1.54, 1.807) is 97.1 Å². The van der Waals surface area contributed by atoms with Gasteiger partial charge in [-0.1, -0.05) is 54.6 Å². The van der Waals surface area contributed by atoms with Crippen LogP contribution >= 0.6 is 0 Å². The second-order valence-corrected chi connectivity index (χ2v) is 9.73. The Morgan fingerprint density at radius 2 is 1.21 bits per heavy atom. The van der Waals surface area contributed by atoms with E-state index in [1.807, 2.05) is 0 Å². The molecule has 1 saturated heterocycles. The number of hydrogen-bond acceptors (Lipinski definition) is 9. The van der Waals surface area contributed by atoms with Crippen molar-refractivity contribution >= 4 is 28.9 Å². The highest BCUT2D eigenvalue weighted by atomic mass is 16.7. The van der Waals surface area contributed by atoms with E-state index in [0.29, 0.717) is 11.1 Å². The maximum Gasteiger partial charge on any atom is 0.338 e. The zero-order chi connectivity index (χ0) is 29.8. The normalized spacial score (nSPS) is 19.5. The minimum Gasteiger partial charge on any atom is -0.464 e. The number of carbonyl (C=O) groups is 3. The fraction of sp³-hybridized carbons (Fsp3) is 0.152. The summed E-state index contributed by atoms with van der Waals surface area (Å²) in [5.41, 5.74) is 0.676. The van der Waals surface area contributed by atoms with Crippen LogP contribution in [0.25, 0.3) is 11.0 Å². The number of rotatable bonds is 8. The lowest BCUT2D eigenvalue weighted by Crippen LogP contribution is -2.42. The third kappa shape index (κ3) is 5.81. The molecule has 0 saturated carbocycles. The molecule has 3 aromatic carbocycles. The number of aromatic nitrogens is 1. The highest BCUT2D eigenvalue weighted by Crippen LogP contribution is 2.35. The maximum atomic E-state index is 13.5. The largest absolute Gasteiger partial charge is 0.464 e. The zero-order valence-corrected chi connectivity index (χ0v) is 22.6. The molecule has 6 rings (SSSR count). The number of fused-ring (bicyclic) bond motifs is 1. The van der Waals surface area contributed by atoms with E-state index in [1.165, 1.54) is 23.1 Å². The van der Waals surface area contributed by atoms with Gasteiger partial charge in [-0.05, 0) is 48.5 Å². The van der Waals surface area contributed by atoms with Gasteiger partial charge < -0.3 is 23.4 Å². The van der Waals surface area contributed by atoms with Gasteiger partial charge >= 0.3 is 17.9 Å². The number of ether oxygens (including phenoxy) is 4. The molecule has 216 valence electrons. The van der Waals surface area contributed by atoms with Gasteiger partial charge in [0.05, 0.1) is 28.3 Å². The molecule has 0 radical (unpaired) electrons. The van der Waals surface area contributed by atoms with Crippen molar-refractivity contribution in [3.05, 3.63) is 143 Å². The summed E-state index contributed by atoms with van der Waals surface area (Å²) in [7, 11) is 0. The summed E-state index contributed by atoms with van der Waals surface area (Å²) in [6.45, 7) is -0.362. The van der Waals surface area contributed by atoms with Gasteiger partial charge in [0, 0.05) is 6.20 Å². The highest BCUT2D eigenvalue weighted by molar-refractivity contribution is 5.91. The molecule has 10 heteroatoms. The Bertz CT molecular complexity index is 1800. The van der Waals surface area contributed by atoms with Gasteiger partial charge in [-0.3, -0.25) is 9.36 Å². The topological polar surface area (TPSA) is 123 Å². The molecule has 10 nitrogen and oxygen atoms in total. The Balaban J connectivity index is 1.37. The SMILES string of the molecule is O=C(OC[C@H]1O[C@@H](n2ccc3occc3c2=O)[C@H](OC(=O)c2ccccc2)[C@@H]1OC(=O)c1ccccc1)c1ccccc1. The van der Waals surface area contributed by atoms with Crippen LogP contribution in [0.15, 0.2) is 125 Å². The average Bonchev–Trinajstić information content (AvgIpc) is 3.67. The van der Waals surface area contributed by atoms with Crippen LogP contribution in [-0.4, -0.2) is 47.4 Å². The van der Waals surface area contributed by atoms with E-state index < -0.39 is 48.0 Å². The van der Waals surface area contributed by atoms with Gasteiger partial charge in [0.25, 0.3) is 5.56 Å². The number of esters is 3. The summed E-state index contributed by atoms with van der Waals surface area (Å²) in [5.74, 6) is -2.07. The predicted molar refractivity (Wildman–Crippen MR) is 152 cm³/mol. The van der Waals surface area contributed by atoms with Crippen molar-refractivity contribution in [1.82, 2.24) is 4.57 Å². The lowest BCUT2D eigenvalue weighted by molar-refractivity contribution is -0.0632. The number of carbonyl (C=O) groups excluding carboxylic acids is 3. The van der Waals surface area contributed by atoms with Gasteiger partial charge in [-0.2, -0.15) is 0 Å². The molecule has 0 bridgehead atoms. The van der Waals surface area contributed by atoms with Crippen LogP contribution in [0.4, 0.5) is 0 Å². The van der Waals surface area contributed by atoms with E-state index in [2.05, 4.69) is 0 Å². The highest BCUT2D eigenvalue weighted by Gasteiger charge is 2.51. The number of nitrogens with zero attached hydrogens (tertiary/aromatic N) is 1. The molecular weight excluding hydrogens is 554 g/mol. The van der Waals surface area contributed by atoms with Crippen LogP contribution in [0.1, 0.15) is 37.3 Å². The van der Waals surface area contributed by atoms with Crippen molar-refractivity contribution in [1.29, 1.82) is 0 Å². The molecule has 0 N–H and O–H groups in total. The first kappa shape index (κ1) is 27.7. The lowest BCUT2D eigenvalue weighted by Gasteiger charge is -2.25. The summed E-state index contributed by atoms with van der Waals surface area (Å²) in [6, 6.07) is 27.9. The molecule has 1 fully saturated rings. The maximum absolute atomic E-state index is 13.5. The van der Waals surface area contributed by atoms with Gasteiger partial charge in [0.2, 0.25) is 0 Å². The summed E-state index contributed by atoms with van der Waals surface area (Å²) in [5, 5.41) is 0.274. The second-order valence-electron chi connectivity index (χ2n) is 9.73. The molecular formula is C33H25NO9. The molecule has 43 heavy (non-hydrogen) atoms. The average molecular weight is 580 g/mol. The fourth-order valence-electron chi connectivity index (χ4n) is 4.86. The molecule has 0 unspecified atom stereocenters. The number of benzene rings is 3. The monoisotopic (exact) mass is 579 g/mol. The molecule has 2 aromatic heterocycles. The first-order chi connectivity index (χ1) is 21.0. The van der Waals surface area contributed by atoms with Crippen LogP contribution in [0.5, 0.6) is 0 Å². The van der Waals surface area contributed by atoms with Crippen molar-refractivity contribution in [3.8, 4) is 0 Å². The molecule has 0 aliphatic carbocycles. The van der Waals surface area contributed by atoms with Gasteiger partial charge in [-0.25, -0.2) is 14.4 Å². The van der Waals surface area contributed by atoms with E-state index >= 15 is 0 Å². The second kappa shape index (κ2) is 12.2. The molecule has 1 aliphatic rings. The van der Waals surface area contributed by atoms with Crippen molar-refractivity contribution < 1.29 is 37.7 Å². The van der Waals surface area contributed by atoms with E-state index in [9.17, 15) is 19.2 Å². The number of furan rings is 1. The zero-order valence-electron chi connectivity index (χ0n) is 22.6. The quantitative estimate of drug-likeness (QED) is 0.188. The van der Waals surface area contributed by atoms with E-state index in [0.717, 1.165) is 0 Å². The molecule has 0 spiro atoms. The van der Waals surface area contributed by atoms with Gasteiger partial charge in [-0.15, -0.1) is 0 Å². The Labute approximate surface area is 245 Å². The third-order valence-electron chi connectivity index (χ3n) is 7.00. The summed E-state index contributed by atoms with van der Waals surface area (Å²) in [4.78, 5) is 52.8. The number of hydrogen-bond donors (Lipinski definition) is 0. The first-order valence-corrected chi connectivity index (χ1v) is 13.5. The summed E-state index contributed by atoms with van der Waals surface area (Å²) in [6.07, 6.45) is -2.09. The molecule has 4 atom stereocenters. The van der Waals surface area contributed by atoms with Gasteiger partial charge in [0.1, 0.15) is 18.3 Å². The Morgan fingerprint density at radius 3 is 1.79 bits per heavy atom. The molecule has 1 aliphatic heterocycles. The molecule has 3 heterocycles. The van der Waals surface area contributed by atoms with Gasteiger partial charge in [0.15, 0.2) is 18.4 Å². The van der Waals surface area contributed by atoms with E-state index in [-0.39, 0.29) is 23.1 Å². The van der Waals surface area contributed by atoms with Crippen LogP contribution in [0, 0.1) is 0 Å². The summed E-state index contributed by atoms with van der Waals surface area (Å²) >= 11 is 0. The number of pyridine rings is 1. The minimum atomic E-state index is -1.30. The molecule has 5 aromatic rings. The van der Waals surface area contributed by atoms with Crippen molar-refractivity contribution in [2.24, 2.45) is 0 Å². The van der Waals surface area contributed by atoms with Crippen molar-refractivity contribution in [2.45, 2.75) is 24.5 Å². The first-order valence-electron chi connectivity index (χ1n) is 13.5. The third-order valence-corrected chi connectivity index (χ3v) is 7.00. The summed E-state index contributed by atoms with van der Waals surface area (Å²) < 4.78 is 30.2.